The maximum Gasteiger partial charge on any atom is 0.0828 e. The minimum atomic E-state index is 0.369. The number of nitrogens with one attached hydrogen (secondary N) is 1. The predicted octanol–water partition coefficient (Wildman–Crippen LogP) is 5.11. The van der Waals surface area contributed by atoms with Crippen LogP contribution in [0.4, 0.5) is 5.69 Å². The third kappa shape index (κ3) is 3.18. The minimum Gasteiger partial charge on any atom is -0.378 e. The largest absolute Gasteiger partial charge is 0.378 e. The minimum absolute atomic E-state index is 0.369. The van der Waals surface area contributed by atoms with Crippen LogP contribution < -0.4 is 5.32 Å². The summed E-state index contributed by atoms with van der Waals surface area (Å²) >= 11 is 9.45. The van der Waals surface area contributed by atoms with Crippen molar-refractivity contribution in [2.24, 2.45) is 0 Å². The quantitative estimate of drug-likeness (QED) is 0.825. The van der Waals surface area contributed by atoms with Crippen LogP contribution in [0.25, 0.3) is 0 Å². The first-order valence-electron chi connectivity index (χ1n) is 6.63. The average Bonchev–Trinajstić information content (AvgIpc) is 2.67. The number of halogens is 2. The summed E-state index contributed by atoms with van der Waals surface area (Å²) in [5, 5.41) is 8.78. The number of rotatable bonds is 4. The van der Waals surface area contributed by atoms with Crippen molar-refractivity contribution in [3.05, 3.63) is 44.6 Å². The van der Waals surface area contributed by atoms with Gasteiger partial charge in [0, 0.05) is 17.1 Å². The molecule has 2 rings (SSSR count). The van der Waals surface area contributed by atoms with E-state index in [2.05, 4.69) is 51.8 Å². The van der Waals surface area contributed by atoms with Crippen molar-refractivity contribution in [2.45, 2.75) is 40.3 Å². The molecule has 1 N–H and O–H groups in total. The van der Waals surface area contributed by atoms with E-state index >= 15 is 0 Å². The molecule has 5 heteroatoms. The van der Waals surface area contributed by atoms with Gasteiger partial charge in [0.05, 0.1) is 22.1 Å². The molecule has 1 aromatic carbocycles. The number of aromatic nitrogens is 2. The molecule has 0 amide bonds. The fourth-order valence-electron chi connectivity index (χ4n) is 2.26. The van der Waals surface area contributed by atoms with E-state index < -0.39 is 0 Å². The van der Waals surface area contributed by atoms with Gasteiger partial charge in [-0.15, -0.1) is 0 Å². The molecular formula is C15H19BrClN3. The average molecular weight is 357 g/mol. The first kappa shape index (κ1) is 15.4. The van der Waals surface area contributed by atoms with Gasteiger partial charge in [0.2, 0.25) is 0 Å². The van der Waals surface area contributed by atoms with Crippen LogP contribution in [0.5, 0.6) is 0 Å². The lowest BCUT2D eigenvalue weighted by molar-refractivity contribution is 0.516. The van der Waals surface area contributed by atoms with Crippen molar-refractivity contribution >= 4 is 33.2 Å². The molecule has 0 unspecified atom stereocenters. The van der Waals surface area contributed by atoms with Crippen molar-refractivity contribution in [1.29, 1.82) is 0 Å². The van der Waals surface area contributed by atoms with E-state index in [0.29, 0.717) is 6.04 Å². The van der Waals surface area contributed by atoms with Gasteiger partial charge in [0.25, 0.3) is 0 Å². The Morgan fingerprint density at radius 2 is 2.05 bits per heavy atom. The molecule has 108 valence electrons. The number of anilines is 1. The van der Waals surface area contributed by atoms with Gasteiger partial charge in [-0.1, -0.05) is 17.7 Å². The van der Waals surface area contributed by atoms with Crippen molar-refractivity contribution in [2.75, 3.05) is 5.32 Å². The highest BCUT2D eigenvalue weighted by atomic mass is 79.9. The molecule has 3 nitrogen and oxygen atoms in total. The van der Waals surface area contributed by atoms with Crippen LogP contribution in [0, 0.1) is 13.8 Å². The molecule has 0 spiro atoms. The van der Waals surface area contributed by atoms with Gasteiger partial charge in [-0.05, 0) is 61.3 Å². The Balaban J connectivity index is 2.16. The summed E-state index contributed by atoms with van der Waals surface area (Å²) < 4.78 is 2.97. The topological polar surface area (TPSA) is 29.9 Å². The summed E-state index contributed by atoms with van der Waals surface area (Å²) in [5.74, 6) is 0. The molecule has 0 fully saturated rings. The number of hydrogen-bond donors (Lipinski definition) is 1. The van der Waals surface area contributed by atoms with Gasteiger partial charge in [-0.3, -0.25) is 4.68 Å². The summed E-state index contributed by atoms with van der Waals surface area (Å²) in [6, 6.07) is 6.33. The molecular weight excluding hydrogens is 338 g/mol. The first-order chi connectivity index (χ1) is 9.40. The molecule has 0 bridgehead atoms. The number of hydrogen-bond acceptors (Lipinski definition) is 2. The number of nitrogens with zero attached hydrogens (tertiary/aromatic N) is 2. The van der Waals surface area contributed by atoms with Crippen LogP contribution in [0.3, 0.4) is 0 Å². The molecule has 0 saturated carbocycles. The highest BCUT2D eigenvalue weighted by Crippen LogP contribution is 2.25. The van der Waals surface area contributed by atoms with Crippen LogP contribution in [0.15, 0.2) is 22.7 Å². The van der Waals surface area contributed by atoms with Crippen LogP contribution >= 0.6 is 27.5 Å². The van der Waals surface area contributed by atoms with E-state index in [0.717, 1.165) is 27.4 Å². The van der Waals surface area contributed by atoms with E-state index in [-0.39, 0.29) is 0 Å². The van der Waals surface area contributed by atoms with Crippen molar-refractivity contribution in [3.63, 3.8) is 0 Å². The molecule has 0 radical (unpaired) electrons. The second-order valence-electron chi connectivity index (χ2n) is 5.19. The lowest BCUT2D eigenvalue weighted by atomic mass is 10.2. The first-order valence-corrected chi connectivity index (χ1v) is 7.80. The predicted molar refractivity (Wildman–Crippen MR) is 88.6 cm³/mol. The Morgan fingerprint density at radius 1 is 1.35 bits per heavy atom. The van der Waals surface area contributed by atoms with Crippen molar-refractivity contribution in [3.8, 4) is 0 Å². The van der Waals surface area contributed by atoms with Crippen LogP contribution in [0.1, 0.15) is 36.8 Å². The van der Waals surface area contributed by atoms with E-state index in [1.807, 2.05) is 25.1 Å². The molecule has 2 aromatic rings. The summed E-state index contributed by atoms with van der Waals surface area (Å²) in [6.45, 7) is 9.16. The third-order valence-corrected chi connectivity index (χ3v) is 4.48. The van der Waals surface area contributed by atoms with Gasteiger partial charge in [-0.2, -0.15) is 5.10 Å². The second-order valence-corrected chi connectivity index (χ2v) is 6.45. The normalized spacial score (nSPS) is 11.2. The van der Waals surface area contributed by atoms with E-state index in [1.54, 1.807) is 0 Å². The molecule has 0 saturated heterocycles. The Kier molecular flexibility index (Phi) is 4.76. The maximum atomic E-state index is 6.01. The standard InChI is InChI=1S/C15H19BrClN3/c1-9(2)20-11(4)15(10(3)19-20)18-8-12-5-6-14(17)13(16)7-12/h5-7,9,18H,8H2,1-4H3. The molecule has 0 atom stereocenters. The Labute approximate surface area is 133 Å². The molecule has 1 aromatic heterocycles. The fourth-order valence-corrected chi connectivity index (χ4v) is 2.81. The monoisotopic (exact) mass is 355 g/mol. The van der Waals surface area contributed by atoms with E-state index in [1.165, 1.54) is 11.3 Å². The maximum absolute atomic E-state index is 6.01. The van der Waals surface area contributed by atoms with E-state index in [9.17, 15) is 0 Å². The zero-order valence-corrected chi connectivity index (χ0v) is 14.5. The van der Waals surface area contributed by atoms with Gasteiger partial charge < -0.3 is 5.32 Å². The zero-order valence-electron chi connectivity index (χ0n) is 12.2. The molecule has 0 aliphatic rings. The second kappa shape index (κ2) is 6.19. The Hall–Kier alpha value is -1.000. The third-order valence-electron chi connectivity index (χ3n) is 3.27. The van der Waals surface area contributed by atoms with Gasteiger partial charge in [-0.25, -0.2) is 0 Å². The Bertz CT molecular complexity index is 620. The van der Waals surface area contributed by atoms with Crippen LogP contribution in [-0.4, -0.2) is 9.78 Å². The number of aryl methyl sites for hydroxylation is 1. The van der Waals surface area contributed by atoms with Gasteiger partial charge in [0.15, 0.2) is 0 Å². The molecule has 1 heterocycles. The summed E-state index contributed by atoms with van der Waals surface area (Å²) in [4.78, 5) is 0. The summed E-state index contributed by atoms with van der Waals surface area (Å²) in [6.07, 6.45) is 0. The lowest BCUT2D eigenvalue weighted by Crippen LogP contribution is -2.06. The van der Waals surface area contributed by atoms with Gasteiger partial charge in [0.1, 0.15) is 0 Å². The zero-order chi connectivity index (χ0) is 14.9. The molecule has 0 aliphatic carbocycles. The highest BCUT2D eigenvalue weighted by Gasteiger charge is 2.13. The smallest absolute Gasteiger partial charge is 0.0828 e. The Morgan fingerprint density at radius 3 is 2.60 bits per heavy atom. The van der Waals surface area contributed by atoms with Crippen LogP contribution in [0.2, 0.25) is 5.02 Å². The summed E-state index contributed by atoms with van der Waals surface area (Å²) in [5.41, 5.74) is 4.50. The lowest BCUT2D eigenvalue weighted by Gasteiger charge is -2.10. The van der Waals surface area contributed by atoms with Crippen molar-refractivity contribution < 1.29 is 0 Å². The van der Waals surface area contributed by atoms with Crippen molar-refractivity contribution in [1.82, 2.24) is 9.78 Å². The highest BCUT2D eigenvalue weighted by molar-refractivity contribution is 9.10. The van der Waals surface area contributed by atoms with E-state index in [4.69, 9.17) is 11.6 Å². The fraction of sp³-hybridized carbons (Fsp3) is 0.400. The summed E-state index contributed by atoms with van der Waals surface area (Å²) in [7, 11) is 0. The SMILES string of the molecule is Cc1nn(C(C)C)c(C)c1NCc1ccc(Cl)c(Br)c1. The number of benzene rings is 1. The van der Waals surface area contributed by atoms with Gasteiger partial charge >= 0.3 is 0 Å². The molecule has 20 heavy (non-hydrogen) atoms. The molecule has 0 aliphatic heterocycles. The van der Waals surface area contributed by atoms with Crippen LogP contribution in [-0.2, 0) is 6.54 Å².